The van der Waals surface area contributed by atoms with E-state index in [4.69, 9.17) is 5.73 Å². The van der Waals surface area contributed by atoms with Gasteiger partial charge < -0.3 is 10.6 Å². The molecule has 1 heterocycles. The fourth-order valence-corrected chi connectivity index (χ4v) is 4.62. The highest BCUT2D eigenvalue weighted by Gasteiger charge is 2.35. The van der Waals surface area contributed by atoms with Gasteiger partial charge >= 0.3 is 0 Å². The van der Waals surface area contributed by atoms with Crippen molar-refractivity contribution in [3.8, 4) is 0 Å². The van der Waals surface area contributed by atoms with Crippen molar-refractivity contribution < 1.29 is 8.42 Å². The Balaban J connectivity index is 2.33. The lowest BCUT2D eigenvalue weighted by Gasteiger charge is -2.26. The predicted octanol–water partition coefficient (Wildman–Crippen LogP) is 1.29. The highest BCUT2D eigenvalue weighted by Crippen LogP contribution is 2.27. The molecule has 2 rings (SSSR count). The Morgan fingerprint density at radius 1 is 1.35 bits per heavy atom. The second-order valence-electron chi connectivity index (χ2n) is 5.75. The number of nitrogens with two attached hydrogens (primary N) is 1. The SMILES string of the molecule is Cc1cc(N)cc(S(=O)(=O)N2CCCC2CN(C)C)c1. The van der Waals surface area contributed by atoms with E-state index in [9.17, 15) is 8.42 Å². The van der Waals surface area contributed by atoms with Crippen LogP contribution in [-0.2, 0) is 10.0 Å². The highest BCUT2D eigenvalue weighted by atomic mass is 32.2. The summed E-state index contributed by atoms with van der Waals surface area (Å²) in [5.41, 5.74) is 7.14. The first-order chi connectivity index (χ1) is 9.30. The van der Waals surface area contributed by atoms with Gasteiger partial charge in [0.15, 0.2) is 0 Å². The summed E-state index contributed by atoms with van der Waals surface area (Å²) in [5.74, 6) is 0. The zero-order valence-corrected chi connectivity index (χ0v) is 13.2. The number of likely N-dealkylation sites (N-methyl/N-ethyl adjacent to an activating group) is 1. The molecule has 6 heteroatoms. The van der Waals surface area contributed by atoms with Crippen LogP contribution in [0.15, 0.2) is 23.1 Å². The number of rotatable bonds is 4. The maximum Gasteiger partial charge on any atom is 0.243 e. The van der Waals surface area contributed by atoms with E-state index in [1.54, 1.807) is 22.5 Å². The van der Waals surface area contributed by atoms with E-state index in [1.165, 1.54) is 0 Å². The molecular formula is C14H23N3O2S. The predicted molar refractivity (Wildman–Crippen MR) is 81.1 cm³/mol. The van der Waals surface area contributed by atoms with Gasteiger partial charge in [0.05, 0.1) is 4.90 Å². The van der Waals surface area contributed by atoms with Gasteiger partial charge in [-0.3, -0.25) is 0 Å². The number of nitrogens with zero attached hydrogens (tertiary/aromatic N) is 2. The van der Waals surface area contributed by atoms with Crippen LogP contribution in [0.3, 0.4) is 0 Å². The fraction of sp³-hybridized carbons (Fsp3) is 0.571. The molecule has 1 saturated heterocycles. The van der Waals surface area contributed by atoms with E-state index < -0.39 is 10.0 Å². The lowest BCUT2D eigenvalue weighted by molar-refractivity contribution is 0.291. The first kappa shape index (κ1) is 15.3. The second kappa shape index (κ2) is 5.71. The molecule has 1 aliphatic rings. The second-order valence-corrected chi connectivity index (χ2v) is 7.64. The van der Waals surface area contributed by atoms with Crippen LogP contribution < -0.4 is 5.73 Å². The fourth-order valence-electron chi connectivity index (χ4n) is 2.79. The van der Waals surface area contributed by atoms with Crippen molar-refractivity contribution in [2.45, 2.75) is 30.7 Å². The number of hydrogen-bond acceptors (Lipinski definition) is 4. The van der Waals surface area contributed by atoms with Crippen LogP contribution in [0.4, 0.5) is 5.69 Å². The van der Waals surface area contributed by atoms with Crippen molar-refractivity contribution in [2.24, 2.45) is 0 Å². The van der Waals surface area contributed by atoms with Crippen LogP contribution in [0.5, 0.6) is 0 Å². The number of hydrogen-bond donors (Lipinski definition) is 1. The molecule has 0 amide bonds. The molecule has 1 aromatic carbocycles. The monoisotopic (exact) mass is 297 g/mol. The van der Waals surface area contributed by atoms with E-state index in [-0.39, 0.29) is 6.04 Å². The van der Waals surface area contributed by atoms with Gasteiger partial charge in [0.25, 0.3) is 0 Å². The van der Waals surface area contributed by atoms with Crippen molar-refractivity contribution in [3.05, 3.63) is 23.8 Å². The molecule has 1 aliphatic heterocycles. The van der Waals surface area contributed by atoms with Crippen molar-refractivity contribution in [2.75, 3.05) is 32.9 Å². The summed E-state index contributed by atoms with van der Waals surface area (Å²) in [5, 5.41) is 0. The molecule has 1 atom stereocenters. The molecule has 0 radical (unpaired) electrons. The molecule has 0 spiro atoms. The average molecular weight is 297 g/mol. The number of anilines is 1. The molecule has 0 bridgehead atoms. The Bertz CT molecular complexity index is 564. The van der Waals surface area contributed by atoms with Crippen LogP contribution >= 0.6 is 0 Å². The van der Waals surface area contributed by atoms with Crippen molar-refractivity contribution in [1.29, 1.82) is 0 Å². The molecule has 0 aliphatic carbocycles. The molecule has 1 unspecified atom stereocenters. The minimum absolute atomic E-state index is 0.0525. The van der Waals surface area contributed by atoms with Crippen LogP contribution in [-0.4, -0.2) is 50.8 Å². The van der Waals surface area contributed by atoms with Crippen molar-refractivity contribution >= 4 is 15.7 Å². The topological polar surface area (TPSA) is 66.6 Å². The molecule has 5 nitrogen and oxygen atoms in total. The Hall–Kier alpha value is -1.11. The minimum Gasteiger partial charge on any atom is -0.399 e. The summed E-state index contributed by atoms with van der Waals surface area (Å²) in [7, 11) is 0.480. The maximum absolute atomic E-state index is 12.8. The summed E-state index contributed by atoms with van der Waals surface area (Å²) >= 11 is 0. The van der Waals surface area contributed by atoms with Crippen LogP contribution in [0.2, 0.25) is 0 Å². The smallest absolute Gasteiger partial charge is 0.243 e. The summed E-state index contributed by atoms with van der Waals surface area (Å²) in [4.78, 5) is 2.34. The number of benzene rings is 1. The standard InChI is InChI=1S/C14H23N3O2S/c1-11-7-12(15)9-14(8-11)20(18,19)17-6-4-5-13(17)10-16(2)3/h7-9,13H,4-6,10,15H2,1-3H3. The third kappa shape index (κ3) is 3.13. The highest BCUT2D eigenvalue weighted by molar-refractivity contribution is 7.89. The maximum atomic E-state index is 12.8. The minimum atomic E-state index is -3.45. The van der Waals surface area contributed by atoms with Crippen LogP contribution in [0.25, 0.3) is 0 Å². The van der Waals surface area contributed by atoms with Gasteiger partial charge in [-0.1, -0.05) is 0 Å². The Kier molecular flexibility index (Phi) is 4.36. The molecule has 1 fully saturated rings. The quantitative estimate of drug-likeness (QED) is 0.851. The molecule has 0 aromatic heterocycles. The normalized spacial score (nSPS) is 20.7. The lowest BCUT2D eigenvalue weighted by Crippen LogP contribution is -2.41. The van der Waals surface area contributed by atoms with Crippen molar-refractivity contribution in [3.63, 3.8) is 0 Å². The molecular weight excluding hydrogens is 274 g/mol. The largest absolute Gasteiger partial charge is 0.399 e. The summed E-state index contributed by atoms with van der Waals surface area (Å²) in [6, 6.07) is 5.07. The van der Waals surface area contributed by atoms with E-state index >= 15 is 0 Å². The Morgan fingerprint density at radius 2 is 2.05 bits per heavy atom. The van der Waals surface area contributed by atoms with Gasteiger partial charge in [-0.25, -0.2) is 8.42 Å². The number of nitrogen functional groups attached to an aromatic ring is 1. The van der Waals surface area contributed by atoms with Gasteiger partial charge in [0.2, 0.25) is 10.0 Å². The van der Waals surface area contributed by atoms with E-state index in [0.29, 0.717) is 17.1 Å². The number of aryl methyl sites for hydroxylation is 1. The number of sulfonamides is 1. The first-order valence-electron chi connectivity index (χ1n) is 6.84. The molecule has 2 N–H and O–H groups in total. The summed E-state index contributed by atoms with van der Waals surface area (Å²) < 4.78 is 27.2. The molecule has 1 aromatic rings. The van der Waals surface area contributed by atoms with Crippen LogP contribution in [0, 0.1) is 6.92 Å². The molecule has 112 valence electrons. The lowest BCUT2D eigenvalue weighted by atomic mass is 10.2. The van der Waals surface area contributed by atoms with Gasteiger partial charge in [0, 0.05) is 24.8 Å². The first-order valence-corrected chi connectivity index (χ1v) is 8.28. The zero-order chi connectivity index (χ0) is 14.9. The van der Waals surface area contributed by atoms with E-state index in [0.717, 1.165) is 24.9 Å². The average Bonchev–Trinajstić information content (AvgIpc) is 2.75. The Morgan fingerprint density at radius 3 is 2.65 bits per heavy atom. The van der Waals surface area contributed by atoms with Crippen molar-refractivity contribution in [1.82, 2.24) is 9.21 Å². The third-order valence-electron chi connectivity index (χ3n) is 3.58. The summed E-state index contributed by atoms with van der Waals surface area (Å²) in [6.07, 6.45) is 1.83. The van der Waals surface area contributed by atoms with E-state index in [1.807, 2.05) is 25.9 Å². The molecule has 20 heavy (non-hydrogen) atoms. The third-order valence-corrected chi connectivity index (χ3v) is 5.51. The van der Waals surface area contributed by atoms with Gasteiger partial charge in [-0.15, -0.1) is 0 Å². The Labute approximate surface area is 121 Å². The van der Waals surface area contributed by atoms with Crippen LogP contribution in [0.1, 0.15) is 18.4 Å². The van der Waals surface area contributed by atoms with Gasteiger partial charge in [-0.05, 0) is 57.6 Å². The zero-order valence-electron chi connectivity index (χ0n) is 12.3. The van der Waals surface area contributed by atoms with Gasteiger partial charge in [0.1, 0.15) is 0 Å². The molecule has 0 saturated carbocycles. The van der Waals surface area contributed by atoms with E-state index in [2.05, 4.69) is 0 Å². The summed E-state index contributed by atoms with van der Waals surface area (Å²) in [6.45, 7) is 3.20. The van der Waals surface area contributed by atoms with Gasteiger partial charge in [-0.2, -0.15) is 4.31 Å².